The third-order valence-electron chi connectivity index (χ3n) is 10.6. The number of nitrogens with zero attached hydrogens (tertiary/aromatic N) is 3. The summed E-state index contributed by atoms with van der Waals surface area (Å²) in [6.45, 7) is 0. The number of aromatic nitrogens is 3. The van der Waals surface area contributed by atoms with Gasteiger partial charge in [-0.3, -0.25) is 0 Å². The summed E-state index contributed by atoms with van der Waals surface area (Å²) in [6, 6.07) is 41.5. The van der Waals surface area contributed by atoms with Crippen molar-refractivity contribution >= 4 is 37.1 Å². The zero-order chi connectivity index (χ0) is 35.1. The molecular formula is C49H35N3S. The van der Waals surface area contributed by atoms with Gasteiger partial charge in [-0.25, -0.2) is 15.0 Å². The van der Waals surface area contributed by atoms with Gasteiger partial charge in [-0.05, 0) is 63.9 Å². The zero-order valence-electron chi connectivity index (χ0n) is 29.1. The van der Waals surface area contributed by atoms with Gasteiger partial charge in [-0.1, -0.05) is 164 Å². The second-order valence-electron chi connectivity index (χ2n) is 13.9. The van der Waals surface area contributed by atoms with Crippen molar-refractivity contribution < 1.29 is 0 Å². The fourth-order valence-corrected chi connectivity index (χ4v) is 9.05. The van der Waals surface area contributed by atoms with Crippen LogP contribution in [0.4, 0.5) is 0 Å². The Balaban J connectivity index is 1.06. The van der Waals surface area contributed by atoms with Gasteiger partial charge in [-0.2, -0.15) is 0 Å². The van der Waals surface area contributed by atoms with Crippen LogP contribution in [0.25, 0.3) is 70.8 Å². The molecule has 7 aromatic rings. The van der Waals surface area contributed by atoms with Gasteiger partial charge in [0.1, 0.15) is 5.82 Å². The minimum atomic E-state index is 0.00756. The lowest BCUT2D eigenvalue weighted by atomic mass is 9.79. The Bertz CT molecular complexity index is 2710. The van der Waals surface area contributed by atoms with Crippen LogP contribution in [0.5, 0.6) is 0 Å². The molecule has 3 aliphatic carbocycles. The van der Waals surface area contributed by atoms with Gasteiger partial charge in [-0.15, -0.1) is 11.3 Å². The van der Waals surface area contributed by atoms with Crippen molar-refractivity contribution in [2.75, 3.05) is 0 Å². The fraction of sp³-hybridized carbons (Fsp3) is 0.0816. The molecule has 0 saturated heterocycles. The number of fused-ring (bicyclic) bond motifs is 4. The van der Waals surface area contributed by atoms with E-state index in [0.29, 0.717) is 11.6 Å². The Kier molecular flexibility index (Phi) is 7.96. The number of hydrogen-bond donors (Lipinski definition) is 0. The van der Waals surface area contributed by atoms with Crippen molar-refractivity contribution in [3.8, 4) is 45.0 Å². The first-order valence-corrected chi connectivity index (χ1v) is 19.1. The quantitative estimate of drug-likeness (QED) is 0.174. The van der Waals surface area contributed by atoms with Gasteiger partial charge in [0, 0.05) is 43.1 Å². The van der Waals surface area contributed by atoms with Gasteiger partial charge in [0.25, 0.3) is 0 Å². The third kappa shape index (κ3) is 5.91. The highest BCUT2D eigenvalue weighted by atomic mass is 32.1. The van der Waals surface area contributed by atoms with Crippen molar-refractivity contribution in [1.82, 2.24) is 15.0 Å². The van der Waals surface area contributed by atoms with Gasteiger partial charge in [0.05, 0.1) is 0 Å². The third-order valence-corrected chi connectivity index (χ3v) is 11.8. The van der Waals surface area contributed by atoms with Crippen molar-refractivity contribution in [1.29, 1.82) is 0 Å². The normalized spacial score (nSPS) is 17.6. The highest BCUT2D eigenvalue weighted by molar-refractivity contribution is 7.26. The van der Waals surface area contributed by atoms with Crippen LogP contribution in [-0.2, 0) is 0 Å². The van der Waals surface area contributed by atoms with Gasteiger partial charge >= 0.3 is 0 Å². The molecular weight excluding hydrogens is 663 g/mol. The number of rotatable bonds is 6. The molecule has 0 N–H and O–H groups in total. The monoisotopic (exact) mass is 697 g/mol. The van der Waals surface area contributed by atoms with E-state index in [2.05, 4.69) is 170 Å². The first-order valence-electron chi connectivity index (χ1n) is 18.3. The van der Waals surface area contributed by atoms with Crippen molar-refractivity contribution in [2.24, 2.45) is 5.92 Å². The van der Waals surface area contributed by atoms with E-state index >= 15 is 0 Å². The average Bonchev–Trinajstić information content (AvgIpc) is 3.62. The van der Waals surface area contributed by atoms with E-state index < -0.39 is 0 Å². The molecule has 4 heteroatoms. The molecule has 10 rings (SSSR count). The molecule has 2 heterocycles. The van der Waals surface area contributed by atoms with E-state index in [1.54, 1.807) is 0 Å². The average molecular weight is 698 g/mol. The molecule has 0 saturated carbocycles. The van der Waals surface area contributed by atoms with Crippen LogP contribution in [0.15, 0.2) is 182 Å². The molecule has 53 heavy (non-hydrogen) atoms. The van der Waals surface area contributed by atoms with E-state index in [9.17, 15) is 0 Å². The van der Waals surface area contributed by atoms with Crippen LogP contribution in [0, 0.1) is 5.92 Å². The van der Waals surface area contributed by atoms with Crippen LogP contribution in [0.1, 0.15) is 30.1 Å². The lowest BCUT2D eigenvalue weighted by Gasteiger charge is -2.26. The summed E-state index contributed by atoms with van der Waals surface area (Å²) in [6.07, 6.45) is 24.1. The van der Waals surface area contributed by atoms with E-state index in [1.165, 1.54) is 53.6 Å². The smallest absolute Gasteiger partial charge is 0.163 e. The maximum absolute atomic E-state index is 5.22. The SMILES string of the molecule is C1=CCCC(c2ccc(-c3cccc4sc5cc(-c6nc(-c7ccc(-c8ccccc8)cc7)nc(C7C=CC=C8C=CC=CC87)n6)ccc5c34)cc2)=C1. The number of allylic oxidation sites excluding steroid dienone is 12. The van der Waals surface area contributed by atoms with Gasteiger partial charge in [0.15, 0.2) is 11.6 Å². The maximum Gasteiger partial charge on any atom is 0.163 e. The summed E-state index contributed by atoms with van der Waals surface area (Å²) >= 11 is 1.83. The van der Waals surface area contributed by atoms with Crippen molar-refractivity contribution in [3.63, 3.8) is 0 Å². The van der Waals surface area contributed by atoms with Crippen LogP contribution in [0.3, 0.4) is 0 Å². The summed E-state index contributed by atoms with van der Waals surface area (Å²) in [7, 11) is 0. The highest BCUT2D eigenvalue weighted by Crippen LogP contribution is 2.42. The second-order valence-corrected chi connectivity index (χ2v) is 14.9. The molecule has 3 nitrogen and oxygen atoms in total. The number of hydrogen-bond acceptors (Lipinski definition) is 4. The first kappa shape index (κ1) is 31.5. The zero-order valence-corrected chi connectivity index (χ0v) is 29.9. The maximum atomic E-state index is 5.22. The molecule has 0 amide bonds. The molecule has 2 atom stereocenters. The molecule has 0 radical (unpaired) electrons. The standard InChI is InChI=1S/C49H35N3S/c1-3-11-32(12-4-1)34-21-25-37(26-22-34)41-18-10-20-44-46(41)43-30-29-39(31-45(43)53-44)48-50-47(38-27-23-35(24-28-38)33-13-5-2-6-14-33)51-49(52-48)42-19-9-16-36-15-7-8-17-40(36)42/h1-3,5-11,13-31,40,42H,4,12H2. The molecule has 2 unspecified atom stereocenters. The minimum absolute atomic E-state index is 0.00756. The Morgan fingerprint density at radius 3 is 2.09 bits per heavy atom. The summed E-state index contributed by atoms with van der Waals surface area (Å²) in [5, 5.41) is 2.55. The number of benzene rings is 5. The van der Waals surface area contributed by atoms with Crippen LogP contribution >= 0.6 is 11.3 Å². The lowest BCUT2D eigenvalue weighted by molar-refractivity contribution is 0.629. The molecule has 3 aliphatic rings. The molecule has 0 aliphatic heterocycles. The Labute approximate surface area is 313 Å². The lowest BCUT2D eigenvalue weighted by Crippen LogP contribution is -2.18. The topological polar surface area (TPSA) is 38.7 Å². The van der Waals surface area contributed by atoms with E-state index in [4.69, 9.17) is 15.0 Å². The van der Waals surface area contributed by atoms with Crippen molar-refractivity contribution in [3.05, 3.63) is 193 Å². The predicted molar refractivity (Wildman–Crippen MR) is 223 cm³/mol. The van der Waals surface area contributed by atoms with E-state index in [1.807, 2.05) is 17.4 Å². The molecule has 2 aromatic heterocycles. The van der Waals surface area contributed by atoms with Crippen LogP contribution in [-0.4, -0.2) is 15.0 Å². The molecule has 252 valence electrons. The van der Waals surface area contributed by atoms with E-state index in [-0.39, 0.29) is 11.8 Å². The van der Waals surface area contributed by atoms with Crippen LogP contribution in [0.2, 0.25) is 0 Å². The molecule has 0 spiro atoms. The fourth-order valence-electron chi connectivity index (χ4n) is 7.87. The van der Waals surface area contributed by atoms with E-state index in [0.717, 1.165) is 35.4 Å². The predicted octanol–water partition coefficient (Wildman–Crippen LogP) is 13.0. The summed E-state index contributed by atoms with van der Waals surface area (Å²) in [5.41, 5.74) is 10.8. The molecule has 0 bridgehead atoms. The minimum Gasteiger partial charge on any atom is -0.212 e. The highest BCUT2D eigenvalue weighted by Gasteiger charge is 2.28. The Morgan fingerprint density at radius 2 is 1.26 bits per heavy atom. The summed E-state index contributed by atoms with van der Waals surface area (Å²) in [5.74, 6) is 2.35. The molecule has 0 fully saturated rings. The van der Waals surface area contributed by atoms with Gasteiger partial charge < -0.3 is 0 Å². The second kappa shape index (κ2) is 13.4. The largest absolute Gasteiger partial charge is 0.212 e. The van der Waals surface area contributed by atoms with Gasteiger partial charge in [0.2, 0.25) is 0 Å². The first-order chi connectivity index (χ1) is 26.2. The van der Waals surface area contributed by atoms with Crippen LogP contribution < -0.4 is 0 Å². The van der Waals surface area contributed by atoms with Crippen molar-refractivity contribution in [2.45, 2.75) is 18.8 Å². The Morgan fingerprint density at radius 1 is 0.528 bits per heavy atom. The summed E-state index contributed by atoms with van der Waals surface area (Å²) in [4.78, 5) is 15.5. The Hall–Kier alpha value is -6.23. The molecule has 5 aromatic carbocycles. The number of thiophene rings is 1. The summed E-state index contributed by atoms with van der Waals surface area (Å²) < 4.78 is 2.50.